The van der Waals surface area contributed by atoms with Crippen molar-refractivity contribution in [2.24, 2.45) is 0 Å². The molecule has 0 fully saturated rings. The van der Waals surface area contributed by atoms with Crippen LogP contribution in [0.5, 0.6) is 0 Å². The number of hydrogen-bond donors (Lipinski definition) is 2. The molecule has 118 valence electrons. The minimum Gasteiger partial charge on any atom is -0.387 e. The SMILES string of the molecule is CNc1ccc([N+](=O)[O-])cc1S(=O)(=O)NCC(C)(C)SC. The van der Waals surface area contributed by atoms with Crippen LogP contribution >= 0.6 is 11.8 Å². The van der Waals surface area contributed by atoms with Gasteiger partial charge in [0.05, 0.1) is 10.6 Å². The summed E-state index contributed by atoms with van der Waals surface area (Å²) in [5.74, 6) is 0. The summed E-state index contributed by atoms with van der Waals surface area (Å²) in [6, 6.07) is 3.70. The summed E-state index contributed by atoms with van der Waals surface area (Å²) in [7, 11) is -2.27. The zero-order chi connectivity index (χ0) is 16.3. The molecule has 0 heterocycles. The van der Waals surface area contributed by atoms with Gasteiger partial charge in [-0.2, -0.15) is 11.8 Å². The van der Waals surface area contributed by atoms with Crippen LogP contribution in [0.15, 0.2) is 23.1 Å². The summed E-state index contributed by atoms with van der Waals surface area (Å²) in [6.45, 7) is 4.04. The fourth-order valence-electron chi connectivity index (χ4n) is 1.47. The van der Waals surface area contributed by atoms with Gasteiger partial charge in [0, 0.05) is 30.5 Å². The van der Waals surface area contributed by atoms with Crippen LogP contribution in [-0.4, -0.2) is 37.9 Å². The van der Waals surface area contributed by atoms with Crippen LogP contribution in [0.1, 0.15) is 13.8 Å². The van der Waals surface area contributed by atoms with Gasteiger partial charge in [-0.3, -0.25) is 10.1 Å². The molecule has 0 spiro atoms. The highest BCUT2D eigenvalue weighted by molar-refractivity contribution is 8.00. The lowest BCUT2D eigenvalue weighted by Crippen LogP contribution is -2.36. The van der Waals surface area contributed by atoms with Gasteiger partial charge in [0.1, 0.15) is 4.90 Å². The number of anilines is 1. The van der Waals surface area contributed by atoms with Gasteiger partial charge in [0.25, 0.3) is 5.69 Å². The standard InChI is InChI=1S/C12H19N3O4S2/c1-12(2,20-4)8-14-21(18,19)11-7-9(15(16)17)5-6-10(11)13-3/h5-7,13-14H,8H2,1-4H3. The largest absolute Gasteiger partial charge is 0.387 e. The van der Waals surface area contributed by atoms with E-state index in [2.05, 4.69) is 10.0 Å². The van der Waals surface area contributed by atoms with Crippen LogP contribution in [0.25, 0.3) is 0 Å². The molecule has 0 aromatic heterocycles. The Bertz CT molecular complexity index is 629. The lowest BCUT2D eigenvalue weighted by molar-refractivity contribution is -0.385. The van der Waals surface area contributed by atoms with Crippen LogP contribution in [0, 0.1) is 10.1 Å². The second kappa shape index (κ2) is 6.63. The van der Waals surface area contributed by atoms with Crippen molar-refractivity contribution in [1.82, 2.24) is 4.72 Å². The third-order valence-electron chi connectivity index (χ3n) is 2.98. The summed E-state index contributed by atoms with van der Waals surface area (Å²) in [5.41, 5.74) is 0.0496. The third-order valence-corrected chi connectivity index (χ3v) is 5.67. The molecule has 21 heavy (non-hydrogen) atoms. The first-order valence-electron chi connectivity index (χ1n) is 6.14. The Morgan fingerprint density at radius 2 is 2.00 bits per heavy atom. The number of rotatable bonds is 7. The second-order valence-electron chi connectivity index (χ2n) is 4.98. The molecule has 1 rings (SSSR count). The fraction of sp³-hybridized carbons (Fsp3) is 0.500. The van der Waals surface area contributed by atoms with Gasteiger partial charge in [-0.15, -0.1) is 0 Å². The molecule has 1 aromatic carbocycles. The fourth-order valence-corrected chi connectivity index (χ4v) is 3.22. The van der Waals surface area contributed by atoms with Gasteiger partial charge >= 0.3 is 0 Å². The molecule has 1 aromatic rings. The highest BCUT2D eigenvalue weighted by atomic mass is 32.2. The molecule has 0 saturated heterocycles. The molecule has 9 heteroatoms. The Labute approximate surface area is 128 Å². The molecule has 2 N–H and O–H groups in total. The molecule has 0 aliphatic carbocycles. The van der Waals surface area contributed by atoms with Gasteiger partial charge in [0.15, 0.2) is 0 Å². The average Bonchev–Trinajstić information content (AvgIpc) is 2.44. The lowest BCUT2D eigenvalue weighted by Gasteiger charge is -2.22. The number of sulfonamides is 1. The predicted octanol–water partition coefficient (Wildman–Crippen LogP) is 2.06. The molecule has 0 bridgehead atoms. The number of nitrogens with zero attached hydrogens (tertiary/aromatic N) is 1. The van der Waals surface area contributed by atoms with Crippen molar-refractivity contribution in [2.45, 2.75) is 23.5 Å². The van der Waals surface area contributed by atoms with E-state index in [0.29, 0.717) is 5.69 Å². The zero-order valence-corrected chi connectivity index (χ0v) is 14.0. The van der Waals surface area contributed by atoms with Crippen molar-refractivity contribution in [2.75, 3.05) is 25.2 Å². The number of thioether (sulfide) groups is 1. The van der Waals surface area contributed by atoms with E-state index in [1.165, 1.54) is 23.9 Å². The zero-order valence-electron chi connectivity index (χ0n) is 12.3. The summed E-state index contributed by atoms with van der Waals surface area (Å²) < 4.78 is 27.0. The summed E-state index contributed by atoms with van der Waals surface area (Å²) >= 11 is 1.53. The molecule has 0 amide bonds. The summed E-state index contributed by atoms with van der Waals surface area (Å²) in [4.78, 5) is 10.1. The van der Waals surface area contributed by atoms with Gasteiger partial charge in [0.2, 0.25) is 10.0 Å². The smallest absolute Gasteiger partial charge is 0.270 e. The number of benzene rings is 1. The van der Waals surface area contributed by atoms with Crippen molar-refractivity contribution >= 4 is 33.2 Å². The van der Waals surface area contributed by atoms with E-state index < -0.39 is 14.9 Å². The number of nitrogens with one attached hydrogen (secondary N) is 2. The Morgan fingerprint density at radius 1 is 1.38 bits per heavy atom. The van der Waals surface area contributed by atoms with Crippen LogP contribution in [-0.2, 0) is 10.0 Å². The van der Waals surface area contributed by atoms with E-state index in [-0.39, 0.29) is 21.9 Å². The molecular formula is C12H19N3O4S2. The molecule has 0 aliphatic heterocycles. The average molecular weight is 333 g/mol. The second-order valence-corrected chi connectivity index (χ2v) is 8.22. The minimum absolute atomic E-state index is 0.129. The lowest BCUT2D eigenvalue weighted by atomic mass is 10.2. The highest BCUT2D eigenvalue weighted by Gasteiger charge is 2.25. The van der Waals surface area contributed by atoms with E-state index in [9.17, 15) is 18.5 Å². The van der Waals surface area contributed by atoms with Crippen LogP contribution < -0.4 is 10.0 Å². The van der Waals surface area contributed by atoms with Gasteiger partial charge in [-0.25, -0.2) is 13.1 Å². The Hall–Kier alpha value is -1.32. The van der Waals surface area contributed by atoms with Crippen molar-refractivity contribution in [1.29, 1.82) is 0 Å². The van der Waals surface area contributed by atoms with Gasteiger partial charge in [-0.1, -0.05) is 0 Å². The first-order valence-corrected chi connectivity index (χ1v) is 8.85. The quantitative estimate of drug-likeness (QED) is 0.585. The van der Waals surface area contributed by atoms with E-state index in [4.69, 9.17) is 0 Å². The summed E-state index contributed by atoms with van der Waals surface area (Å²) in [6.07, 6.45) is 1.89. The van der Waals surface area contributed by atoms with Crippen molar-refractivity contribution < 1.29 is 13.3 Å². The normalized spacial score (nSPS) is 12.2. The van der Waals surface area contributed by atoms with Crippen molar-refractivity contribution in [3.63, 3.8) is 0 Å². The number of nitro benzene ring substituents is 1. The van der Waals surface area contributed by atoms with Crippen molar-refractivity contribution in [3.05, 3.63) is 28.3 Å². The highest BCUT2D eigenvalue weighted by Crippen LogP contribution is 2.27. The first-order chi connectivity index (χ1) is 9.63. The van der Waals surface area contributed by atoms with Gasteiger partial charge in [-0.05, 0) is 26.2 Å². The monoisotopic (exact) mass is 333 g/mol. The van der Waals surface area contributed by atoms with Crippen LogP contribution in [0.3, 0.4) is 0 Å². The number of non-ortho nitro benzene ring substituents is 1. The molecule has 0 radical (unpaired) electrons. The Balaban J connectivity index is 3.17. The molecule has 0 atom stereocenters. The van der Waals surface area contributed by atoms with E-state index in [1.54, 1.807) is 7.05 Å². The van der Waals surface area contributed by atoms with Gasteiger partial charge < -0.3 is 5.32 Å². The number of nitro groups is 1. The Morgan fingerprint density at radius 3 is 2.48 bits per heavy atom. The van der Waals surface area contributed by atoms with E-state index in [0.717, 1.165) is 6.07 Å². The summed E-state index contributed by atoms with van der Waals surface area (Å²) in [5, 5.41) is 13.5. The number of hydrogen-bond acceptors (Lipinski definition) is 6. The minimum atomic E-state index is -3.83. The molecule has 0 saturated carbocycles. The van der Waals surface area contributed by atoms with Crippen molar-refractivity contribution in [3.8, 4) is 0 Å². The first kappa shape index (κ1) is 17.7. The maximum absolute atomic E-state index is 12.4. The molecule has 0 unspecified atom stereocenters. The topological polar surface area (TPSA) is 101 Å². The van der Waals surface area contributed by atoms with E-state index >= 15 is 0 Å². The maximum Gasteiger partial charge on any atom is 0.270 e. The van der Waals surface area contributed by atoms with Crippen LogP contribution in [0.4, 0.5) is 11.4 Å². The molecule has 7 nitrogen and oxygen atoms in total. The third kappa shape index (κ3) is 4.58. The molecule has 0 aliphatic rings. The maximum atomic E-state index is 12.4. The molecular weight excluding hydrogens is 314 g/mol. The van der Waals surface area contributed by atoms with Crippen LogP contribution in [0.2, 0.25) is 0 Å². The van der Waals surface area contributed by atoms with E-state index in [1.807, 2.05) is 20.1 Å². The Kier molecular flexibility index (Phi) is 5.60. The predicted molar refractivity (Wildman–Crippen MR) is 85.4 cm³/mol.